The molecule has 0 aromatic heterocycles. The van der Waals surface area contributed by atoms with E-state index in [1.165, 1.54) is 75.3 Å². The third-order valence-electron chi connectivity index (χ3n) is 6.54. The fourth-order valence-corrected chi connectivity index (χ4v) is 4.61. The second kappa shape index (κ2) is 11.1. The smallest absolute Gasteiger partial charge is 0.0991 e. The Balaban J connectivity index is 1.40. The van der Waals surface area contributed by atoms with Crippen LogP contribution in [-0.2, 0) is 12.8 Å². The Hall–Kier alpha value is -2.07. The zero-order valence-electron chi connectivity index (χ0n) is 17.5. The Kier molecular flexibility index (Phi) is 8.16. The number of hydrogen-bond acceptors (Lipinski definition) is 1. The zero-order valence-corrected chi connectivity index (χ0v) is 17.5. The maximum Gasteiger partial charge on any atom is 0.0991 e. The summed E-state index contributed by atoms with van der Waals surface area (Å²) >= 11 is 0. The van der Waals surface area contributed by atoms with E-state index >= 15 is 0 Å². The Morgan fingerprint density at radius 2 is 1.43 bits per heavy atom. The predicted molar refractivity (Wildman–Crippen MR) is 118 cm³/mol. The minimum atomic E-state index is 0.760. The highest BCUT2D eigenvalue weighted by molar-refractivity contribution is 5.31. The monoisotopic (exact) mass is 373 g/mol. The van der Waals surface area contributed by atoms with E-state index in [9.17, 15) is 0 Å². The van der Waals surface area contributed by atoms with Crippen molar-refractivity contribution in [3.63, 3.8) is 0 Å². The molecule has 0 atom stereocenters. The van der Waals surface area contributed by atoms with Gasteiger partial charge in [-0.05, 0) is 92.0 Å². The van der Waals surface area contributed by atoms with Crippen LogP contribution in [-0.4, -0.2) is 0 Å². The lowest BCUT2D eigenvalue weighted by atomic mass is 9.77. The average molecular weight is 374 g/mol. The number of aryl methyl sites for hydroxylation is 2. The second-order valence-corrected chi connectivity index (χ2v) is 8.62. The van der Waals surface area contributed by atoms with Gasteiger partial charge in [-0.1, -0.05) is 62.6 Å². The van der Waals surface area contributed by atoms with Gasteiger partial charge in [-0.25, -0.2) is 0 Å². The molecule has 1 saturated carbocycles. The van der Waals surface area contributed by atoms with Crippen LogP contribution in [0.3, 0.4) is 0 Å². The zero-order chi connectivity index (χ0) is 19.6. The Bertz CT molecular complexity index is 727. The molecule has 1 aliphatic rings. The van der Waals surface area contributed by atoms with E-state index in [0.29, 0.717) is 0 Å². The number of rotatable bonds is 9. The molecule has 0 spiro atoms. The molecular formula is C27H35N. The lowest BCUT2D eigenvalue weighted by molar-refractivity contribution is 0.310. The molecule has 1 nitrogen and oxygen atoms in total. The molecule has 0 unspecified atom stereocenters. The van der Waals surface area contributed by atoms with E-state index < -0.39 is 0 Å². The van der Waals surface area contributed by atoms with E-state index in [-0.39, 0.29) is 0 Å². The van der Waals surface area contributed by atoms with E-state index in [4.69, 9.17) is 5.26 Å². The minimum absolute atomic E-state index is 0.760. The molecule has 0 saturated heterocycles. The Morgan fingerprint density at radius 1 is 0.786 bits per heavy atom. The molecule has 2 aromatic rings. The van der Waals surface area contributed by atoms with Crippen molar-refractivity contribution in [3.05, 3.63) is 70.8 Å². The van der Waals surface area contributed by atoms with Crippen LogP contribution in [0.15, 0.2) is 48.5 Å². The van der Waals surface area contributed by atoms with Crippen LogP contribution in [0.4, 0.5) is 0 Å². The number of hydrogen-bond donors (Lipinski definition) is 0. The van der Waals surface area contributed by atoms with Crippen LogP contribution in [0.5, 0.6) is 0 Å². The lowest BCUT2D eigenvalue weighted by Gasteiger charge is -2.29. The molecule has 0 N–H and O–H groups in total. The molecule has 0 heterocycles. The molecule has 2 aromatic carbocycles. The van der Waals surface area contributed by atoms with Gasteiger partial charge in [0, 0.05) is 0 Å². The predicted octanol–water partition coefficient (Wildman–Crippen LogP) is 7.59. The van der Waals surface area contributed by atoms with Crippen molar-refractivity contribution in [2.45, 2.75) is 83.5 Å². The standard InChI is InChI=1S/C27H35N/c1-2-3-4-5-6-22-13-17-26(18-14-22)27-19-15-24(16-20-27)8-7-23-9-11-25(21-28)12-10-23/h9-14,17-18,24,27H,2-8,15-16,19-20H2,1H3. The summed E-state index contributed by atoms with van der Waals surface area (Å²) in [6.07, 6.45) is 14.5. The number of nitriles is 1. The summed E-state index contributed by atoms with van der Waals surface area (Å²) < 4.78 is 0. The van der Waals surface area contributed by atoms with Gasteiger partial charge in [0.25, 0.3) is 0 Å². The fourth-order valence-electron chi connectivity index (χ4n) is 4.61. The van der Waals surface area contributed by atoms with Gasteiger partial charge in [-0.15, -0.1) is 0 Å². The largest absolute Gasteiger partial charge is 0.192 e. The first-order valence-electron chi connectivity index (χ1n) is 11.4. The normalized spacial score (nSPS) is 19.3. The van der Waals surface area contributed by atoms with Crippen molar-refractivity contribution in [2.24, 2.45) is 5.92 Å². The first kappa shape index (κ1) is 20.7. The van der Waals surface area contributed by atoms with E-state index in [2.05, 4.69) is 49.4 Å². The second-order valence-electron chi connectivity index (χ2n) is 8.62. The van der Waals surface area contributed by atoms with Crippen LogP contribution < -0.4 is 0 Å². The van der Waals surface area contributed by atoms with Gasteiger partial charge in [0.2, 0.25) is 0 Å². The van der Waals surface area contributed by atoms with Crippen molar-refractivity contribution in [1.29, 1.82) is 5.26 Å². The number of unbranched alkanes of at least 4 members (excludes halogenated alkanes) is 3. The van der Waals surface area contributed by atoms with Gasteiger partial charge in [0.05, 0.1) is 11.6 Å². The fraction of sp³-hybridized carbons (Fsp3) is 0.519. The molecule has 148 valence electrons. The summed E-state index contributed by atoms with van der Waals surface area (Å²) in [7, 11) is 0. The van der Waals surface area contributed by atoms with E-state index in [1.807, 2.05) is 12.1 Å². The van der Waals surface area contributed by atoms with Crippen LogP contribution in [0.25, 0.3) is 0 Å². The van der Waals surface area contributed by atoms with Crippen molar-refractivity contribution in [2.75, 3.05) is 0 Å². The van der Waals surface area contributed by atoms with Crippen LogP contribution in [0.1, 0.15) is 92.9 Å². The number of nitrogens with zero attached hydrogens (tertiary/aromatic N) is 1. The summed E-state index contributed by atoms with van der Waals surface area (Å²) in [4.78, 5) is 0. The highest BCUT2D eigenvalue weighted by Crippen LogP contribution is 2.37. The minimum Gasteiger partial charge on any atom is -0.192 e. The molecule has 0 aliphatic heterocycles. The first-order chi connectivity index (χ1) is 13.8. The molecule has 1 fully saturated rings. The molecule has 3 rings (SSSR count). The first-order valence-corrected chi connectivity index (χ1v) is 11.4. The van der Waals surface area contributed by atoms with Gasteiger partial charge in [-0.2, -0.15) is 5.26 Å². The highest BCUT2D eigenvalue weighted by atomic mass is 14.3. The van der Waals surface area contributed by atoms with Crippen molar-refractivity contribution < 1.29 is 0 Å². The van der Waals surface area contributed by atoms with Gasteiger partial charge < -0.3 is 0 Å². The molecular weight excluding hydrogens is 338 g/mol. The lowest BCUT2D eigenvalue weighted by Crippen LogP contribution is -2.14. The van der Waals surface area contributed by atoms with Crippen LogP contribution in [0, 0.1) is 17.2 Å². The number of benzene rings is 2. The maximum absolute atomic E-state index is 8.90. The quantitative estimate of drug-likeness (QED) is 0.415. The Labute approximate surface area is 171 Å². The summed E-state index contributed by atoms with van der Waals surface area (Å²) in [5.41, 5.74) is 5.20. The van der Waals surface area contributed by atoms with Gasteiger partial charge in [0.15, 0.2) is 0 Å². The third-order valence-corrected chi connectivity index (χ3v) is 6.54. The summed E-state index contributed by atoms with van der Waals surface area (Å²) in [6.45, 7) is 2.27. The van der Waals surface area contributed by atoms with Crippen molar-refractivity contribution in [1.82, 2.24) is 0 Å². The summed E-state index contributed by atoms with van der Waals surface area (Å²) in [6, 6.07) is 19.9. The third kappa shape index (κ3) is 6.23. The topological polar surface area (TPSA) is 23.8 Å². The molecule has 0 radical (unpaired) electrons. The van der Waals surface area contributed by atoms with E-state index in [1.54, 1.807) is 5.56 Å². The molecule has 0 amide bonds. The molecule has 28 heavy (non-hydrogen) atoms. The average Bonchev–Trinajstić information content (AvgIpc) is 2.76. The highest BCUT2D eigenvalue weighted by Gasteiger charge is 2.22. The van der Waals surface area contributed by atoms with Gasteiger partial charge in [0.1, 0.15) is 0 Å². The van der Waals surface area contributed by atoms with Crippen LogP contribution >= 0.6 is 0 Å². The summed E-state index contributed by atoms with van der Waals surface area (Å²) in [5.74, 6) is 1.63. The van der Waals surface area contributed by atoms with Crippen molar-refractivity contribution >= 4 is 0 Å². The molecule has 1 aliphatic carbocycles. The van der Waals surface area contributed by atoms with E-state index in [0.717, 1.165) is 23.8 Å². The molecule has 1 heteroatoms. The maximum atomic E-state index is 8.90. The SMILES string of the molecule is CCCCCCc1ccc(C2CCC(CCc3ccc(C#N)cc3)CC2)cc1. The van der Waals surface area contributed by atoms with Crippen LogP contribution in [0.2, 0.25) is 0 Å². The Morgan fingerprint density at radius 3 is 2.07 bits per heavy atom. The van der Waals surface area contributed by atoms with Crippen molar-refractivity contribution in [3.8, 4) is 6.07 Å². The van der Waals surface area contributed by atoms with Gasteiger partial charge in [-0.3, -0.25) is 0 Å². The van der Waals surface area contributed by atoms with Gasteiger partial charge >= 0.3 is 0 Å². The molecule has 0 bridgehead atoms. The summed E-state index contributed by atoms with van der Waals surface area (Å²) in [5, 5.41) is 8.90.